The van der Waals surface area contributed by atoms with Gasteiger partial charge in [-0.3, -0.25) is 0 Å². The van der Waals surface area contributed by atoms with Gasteiger partial charge in [0.2, 0.25) is 0 Å². The Morgan fingerprint density at radius 2 is 2.24 bits per heavy atom. The Morgan fingerprint density at radius 3 is 2.94 bits per heavy atom. The normalized spacial score (nSPS) is 22.8. The fourth-order valence-corrected chi connectivity index (χ4v) is 2.58. The molecule has 5 heteroatoms. The number of ether oxygens (including phenoxy) is 1. The standard InChI is InChI=1S/C12H13BrClNO2/c1-12(2)6-17-11(16)15-10(12)8-5-7(14)3-4-9(8)13/h3-5,10H,6H2,1-2H3,(H,15,16)/t10-/m1/s1. The van der Waals surface area contributed by atoms with Gasteiger partial charge in [0, 0.05) is 14.9 Å². The van der Waals surface area contributed by atoms with Crippen molar-refractivity contribution < 1.29 is 9.53 Å². The molecule has 1 fully saturated rings. The van der Waals surface area contributed by atoms with E-state index in [-0.39, 0.29) is 17.6 Å². The quantitative estimate of drug-likeness (QED) is 0.852. The van der Waals surface area contributed by atoms with Crippen LogP contribution in [-0.4, -0.2) is 12.7 Å². The molecule has 0 bridgehead atoms. The third-order valence-corrected chi connectivity index (χ3v) is 3.85. The van der Waals surface area contributed by atoms with Gasteiger partial charge in [-0.25, -0.2) is 4.79 Å². The molecule has 1 amide bonds. The Morgan fingerprint density at radius 1 is 1.53 bits per heavy atom. The number of carbonyl (C=O) groups is 1. The number of cyclic esters (lactones) is 1. The summed E-state index contributed by atoms with van der Waals surface area (Å²) in [5.74, 6) is 0. The molecule has 0 aliphatic carbocycles. The van der Waals surface area contributed by atoms with Crippen molar-refractivity contribution in [3.63, 3.8) is 0 Å². The highest BCUT2D eigenvalue weighted by molar-refractivity contribution is 9.10. The summed E-state index contributed by atoms with van der Waals surface area (Å²) in [6.07, 6.45) is -0.388. The van der Waals surface area contributed by atoms with Crippen molar-refractivity contribution >= 4 is 33.6 Å². The van der Waals surface area contributed by atoms with Crippen LogP contribution < -0.4 is 5.32 Å². The lowest BCUT2D eigenvalue weighted by Crippen LogP contribution is -2.47. The molecule has 92 valence electrons. The second kappa shape index (κ2) is 4.50. The Balaban J connectivity index is 2.42. The third kappa shape index (κ3) is 2.58. The summed E-state index contributed by atoms with van der Waals surface area (Å²) < 4.78 is 5.95. The van der Waals surface area contributed by atoms with E-state index in [9.17, 15) is 4.79 Å². The number of hydrogen-bond acceptors (Lipinski definition) is 2. The van der Waals surface area contributed by atoms with E-state index in [0.29, 0.717) is 11.6 Å². The van der Waals surface area contributed by atoms with Crippen LogP contribution in [-0.2, 0) is 4.74 Å². The molecule has 1 N–H and O–H groups in total. The lowest BCUT2D eigenvalue weighted by atomic mass is 9.80. The van der Waals surface area contributed by atoms with E-state index in [1.807, 2.05) is 32.0 Å². The van der Waals surface area contributed by atoms with Gasteiger partial charge in [-0.1, -0.05) is 41.4 Å². The molecule has 1 aliphatic heterocycles. The topological polar surface area (TPSA) is 38.3 Å². The number of halogens is 2. The molecule has 2 rings (SSSR count). The van der Waals surface area contributed by atoms with Crippen molar-refractivity contribution in [2.24, 2.45) is 5.41 Å². The first-order valence-corrected chi connectivity index (χ1v) is 6.45. The van der Waals surface area contributed by atoms with Crippen LogP contribution in [0.15, 0.2) is 22.7 Å². The SMILES string of the molecule is CC1(C)COC(=O)N[C@@H]1c1cc(Cl)ccc1Br. The van der Waals surface area contributed by atoms with Crippen LogP contribution in [0.25, 0.3) is 0 Å². The molecular formula is C12H13BrClNO2. The predicted molar refractivity (Wildman–Crippen MR) is 70.2 cm³/mol. The molecule has 1 aromatic carbocycles. The second-order valence-corrected chi connectivity index (χ2v) is 6.10. The van der Waals surface area contributed by atoms with E-state index in [4.69, 9.17) is 16.3 Å². The van der Waals surface area contributed by atoms with Crippen LogP contribution in [0.4, 0.5) is 4.79 Å². The largest absolute Gasteiger partial charge is 0.449 e. The maximum Gasteiger partial charge on any atom is 0.407 e. The van der Waals surface area contributed by atoms with Gasteiger partial charge in [0.25, 0.3) is 0 Å². The van der Waals surface area contributed by atoms with Crippen LogP contribution in [0.5, 0.6) is 0 Å². The second-order valence-electron chi connectivity index (χ2n) is 4.81. The third-order valence-electron chi connectivity index (χ3n) is 2.89. The van der Waals surface area contributed by atoms with Crippen LogP contribution in [0.1, 0.15) is 25.5 Å². The van der Waals surface area contributed by atoms with Crippen molar-refractivity contribution in [2.45, 2.75) is 19.9 Å². The molecule has 0 spiro atoms. The first kappa shape index (κ1) is 12.7. The Hall–Kier alpha value is -0.740. The highest BCUT2D eigenvalue weighted by Crippen LogP contribution is 2.40. The van der Waals surface area contributed by atoms with Crippen molar-refractivity contribution in [3.05, 3.63) is 33.3 Å². The summed E-state index contributed by atoms with van der Waals surface area (Å²) >= 11 is 9.49. The fourth-order valence-electron chi connectivity index (χ4n) is 1.92. The highest BCUT2D eigenvalue weighted by Gasteiger charge is 2.38. The van der Waals surface area contributed by atoms with Gasteiger partial charge < -0.3 is 10.1 Å². The molecule has 1 atom stereocenters. The highest BCUT2D eigenvalue weighted by atomic mass is 79.9. The van der Waals surface area contributed by atoms with Gasteiger partial charge in [-0.2, -0.15) is 0 Å². The Labute approximate surface area is 114 Å². The van der Waals surface area contributed by atoms with E-state index in [1.165, 1.54) is 0 Å². The molecule has 1 aliphatic rings. The summed E-state index contributed by atoms with van der Waals surface area (Å²) in [7, 11) is 0. The molecular weight excluding hydrogens is 305 g/mol. The number of nitrogens with one attached hydrogen (secondary N) is 1. The number of benzene rings is 1. The van der Waals surface area contributed by atoms with Crippen molar-refractivity contribution in [2.75, 3.05) is 6.61 Å². The molecule has 0 saturated carbocycles. The van der Waals surface area contributed by atoms with Crippen molar-refractivity contribution in [3.8, 4) is 0 Å². The Kier molecular flexibility index (Phi) is 3.36. The van der Waals surface area contributed by atoms with Crippen LogP contribution >= 0.6 is 27.5 Å². The van der Waals surface area contributed by atoms with Gasteiger partial charge >= 0.3 is 6.09 Å². The molecule has 1 saturated heterocycles. The number of rotatable bonds is 1. The van der Waals surface area contributed by atoms with E-state index in [2.05, 4.69) is 21.2 Å². The Bertz CT molecular complexity index is 462. The zero-order valence-electron chi connectivity index (χ0n) is 9.59. The molecule has 0 radical (unpaired) electrons. The minimum absolute atomic E-state index is 0.114. The lowest BCUT2D eigenvalue weighted by Gasteiger charge is -2.39. The van der Waals surface area contributed by atoms with Gasteiger partial charge in [0.05, 0.1) is 6.04 Å². The zero-order valence-corrected chi connectivity index (χ0v) is 11.9. The van der Waals surface area contributed by atoms with E-state index in [0.717, 1.165) is 10.0 Å². The first-order valence-electron chi connectivity index (χ1n) is 5.28. The summed E-state index contributed by atoms with van der Waals surface area (Å²) in [5, 5.41) is 3.49. The van der Waals surface area contributed by atoms with Gasteiger partial charge in [-0.05, 0) is 23.8 Å². The molecule has 0 unspecified atom stereocenters. The maximum atomic E-state index is 11.3. The average Bonchev–Trinajstić information content (AvgIpc) is 2.26. The number of carbonyl (C=O) groups excluding carboxylic acids is 1. The molecule has 0 aromatic heterocycles. The number of amides is 1. The van der Waals surface area contributed by atoms with Crippen LogP contribution in [0.3, 0.4) is 0 Å². The van der Waals surface area contributed by atoms with Gasteiger partial charge in [0.15, 0.2) is 0 Å². The smallest absolute Gasteiger partial charge is 0.407 e. The average molecular weight is 319 g/mol. The molecule has 17 heavy (non-hydrogen) atoms. The molecule has 1 aromatic rings. The van der Waals surface area contributed by atoms with Gasteiger partial charge in [-0.15, -0.1) is 0 Å². The summed E-state index contributed by atoms with van der Waals surface area (Å²) in [4.78, 5) is 11.3. The molecule has 1 heterocycles. The zero-order chi connectivity index (χ0) is 12.6. The predicted octanol–water partition coefficient (Wildman–Crippen LogP) is 3.91. The van der Waals surface area contributed by atoms with E-state index in [1.54, 1.807) is 0 Å². The minimum atomic E-state index is -0.388. The monoisotopic (exact) mass is 317 g/mol. The summed E-state index contributed by atoms with van der Waals surface area (Å²) in [6.45, 7) is 4.48. The maximum absolute atomic E-state index is 11.3. The number of alkyl carbamates (subject to hydrolysis) is 1. The van der Waals surface area contributed by atoms with E-state index >= 15 is 0 Å². The van der Waals surface area contributed by atoms with Crippen LogP contribution in [0, 0.1) is 5.41 Å². The lowest BCUT2D eigenvalue weighted by molar-refractivity contribution is 0.0385. The fraction of sp³-hybridized carbons (Fsp3) is 0.417. The van der Waals surface area contributed by atoms with Gasteiger partial charge in [0.1, 0.15) is 6.61 Å². The number of hydrogen-bond donors (Lipinski definition) is 1. The minimum Gasteiger partial charge on any atom is -0.449 e. The van der Waals surface area contributed by atoms with Crippen molar-refractivity contribution in [1.82, 2.24) is 5.32 Å². The molecule has 3 nitrogen and oxygen atoms in total. The summed E-state index contributed by atoms with van der Waals surface area (Å²) in [5.41, 5.74) is 0.792. The van der Waals surface area contributed by atoms with Crippen molar-refractivity contribution in [1.29, 1.82) is 0 Å². The summed E-state index contributed by atoms with van der Waals surface area (Å²) in [6, 6.07) is 5.44. The first-order chi connectivity index (χ1) is 7.90. The van der Waals surface area contributed by atoms with E-state index < -0.39 is 0 Å². The van der Waals surface area contributed by atoms with Crippen LogP contribution in [0.2, 0.25) is 5.02 Å².